The molecule has 0 spiro atoms. The van der Waals surface area contributed by atoms with Crippen LogP contribution in [0, 0.1) is 0 Å². The fraction of sp³-hybridized carbons (Fsp3) is 0.919. The lowest BCUT2D eigenvalue weighted by Gasteiger charge is -2.46. The Bertz CT molecular complexity index is 1370. The van der Waals surface area contributed by atoms with E-state index in [4.69, 9.17) is 18.9 Å². The summed E-state index contributed by atoms with van der Waals surface area (Å²) in [6.07, 6.45) is 41.8. The molecule has 2 fully saturated rings. The van der Waals surface area contributed by atoms with Crippen molar-refractivity contribution in [2.24, 2.45) is 0 Å². The molecule has 12 atom stereocenters. The number of aliphatic hydroxyl groups is 8. The molecule has 0 radical (unpaired) electrons. The van der Waals surface area contributed by atoms with Crippen LogP contribution in [0.15, 0.2) is 24.3 Å². The van der Waals surface area contributed by atoms with Gasteiger partial charge in [0, 0.05) is 6.42 Å². The van der Waals surface area contributed by atoms with Crippen LogP contribution in [0.3, 0.4) is 0 Å². The summed E-state index contributed by atoms with van der Waals surface area (Å²) in [7, 11) is 0. The first-order valence-corrected chi connectivity index (χ1v) is 31.6. The predicted molar refractivity (Wildman–Crippen MR) is 305 cm³/mol. The maximum Gasteiger partial charge on any atom is 0.220 e. The van der Waals surface area contributed by atoms with E-state index in [0.717, 1.165) is 38.5 Å². The van der Waals surface area contributed by atoms with Gasteiger partial charge in [-0.05, 0) is 25.7 Å². The number of ether oxygens (including phenoxy) is 4. The Balaban J connectivity index is 1.52. The first kappa shape index (κ1) is 70.6. The number of carbonyl (C=O) groups excluding carboxylic acids is 1. The summed E-state index contributed by atoms with van der Waals surface area (Å²) in [6.45, 7) is 2.68. The molecule has 14 heteroatoms. The highest BCUT2D eigenvalue weighted by molar-refractivity contribution is 5.76. The molecule has 448 valence electrons. The zero-order chi connectivity index (χ0) is 55.3. The van der Waals surface area contributed by atoms with Gasteiger partial charge in [-0.25, -0.2) is 0 Å². The molecular formula is C62H117NO13. The highest BCUT2D eigenvalue weighted by Crippen LogP contribution is 2.30. The monoisotopic (exact) mass is 1080 g/mol. The lowest BCUT2D eigenvalue weighted by Crippen LogP contribution is -2.65. The van der Waals surface area contributed by atoms with Gasteiger partial charge in [-0.15, -0.1) is 0 Å². The molecule has 0 aromatic heterocycles. The number of aliphatic hydroxyl groups excluding tert-OH is 8. The van der Waals surface area contributed by atoms with Gasteiger partial charge in [-0.2, -0.15) is 0 Å². The van der Waals surface area contributed by atoms with E-state index in [1.54, 1.807) is 6.08 Å². The van der Waals surface area contributed by atoms with E-state index >= 15 is 0 Å². The van der Waals surface area contributed by atoms with Crippen LogP contribution in [0.1, 0.15) is 271 Å². The van der Waals surface area contributed by atoms with Crippen molar-refractivity contribution in [2.75, 3.05) is 19.8 Å². The van der Waals surface area contributed by atoms with E-state index in [-0.39, 0.29) is 18.9 Å². The molecule has 0 bridgehead atoms. The first-order chi connectivity index (χ1) is 37.1. The van der Waals surface area contributed by atoms with Crippen LogP contribution in [0.5, 0.6) is 0 Å². The van der Waals surface area contributed by atoms with Gasteiger partial charge in [0.05, 0.1) is 32.0 Å². The van der Waals surface area contributed by atoms with Gasteiger partial charge in [-0.3, -0.25) is 4.79 Å². The Labute approximate surface area is 462 Å². The zero-order valence-electron chi connectivity index (χ0n) is 48.3. The molecule has 2 saturated heterocycles. The first-order valence-electron chi connectivity index (χ1n) is 31.6. The molecule has 14 nitrogen and oxygen atoms in total. The van der Waals surface area contributed by atoms with E-state index in [2.05, 4.69) is 31.3 Å². The third-order valence-electron chi connectivity index (χ3n) is 15.6. The van der Waals surface area contributed by atoms with Crippen molar-refractivity contribution >= 4 is 5.91 Å². The van der Waals surface area contributed by atoms with Crippen LogP contribution >= 0.6 is 0 Å². The van der Waals surface area contributed by atoms with Crippen molar-refractivity contribution < 1.29 is 64.6 Å². The highest BCUT2D eigenvalue weighted by atomic mass is 16.7. The number of allylic oxidation sites excluding steroid dienone is 3. The molecule has 9 N–H and O–H groups in total. The summed E-state index contributed by atoms with van der Waals surface area (Å²) in [4.78, 5) is 13.2. The third-order valence-corrected chi connectivity index (χ3v) is 15.6. The summed E-state index contributed by atoms with van der Waals surface area (Å²) < 4.78 is 22.6. The van der Waals surface area contributed by atoms with Crippen LogP contribution in [0.2, 0.25) is 0 Å². The second kappa shape index (κ2) is 48.2. The van der Waals surface area contributed by atoms with E-state index in [1.807, 2.05) is 6.08 Å². The maximum atomic E-state index is 13.2. The summed E-state index contributed by atoms with van der Waals surface area (Å²) in [5, 5.41) is 86.6. The Hall–Kier alpha value is -1.53. The Morgan fingerprint density at radius 2 is 0.842 bits per heavy atom. The molecule has 2 rings (SSSR count). The second-order valence-corrected chi connectivity index (χ2v) is 22.5. The molecule has 76 heavy (non-hydrogen) atoms. The standard InChI is InChI=1S/C62H117NO13/c1-3-5-7-9-11-12-13-14-15-16-17-18-19-20-21-22-23-24-25-26-27-28-29-30-31-32-33-34-35-36-37-38-40-42-44-46-54(67)63-50(51(66)45-43-41-39-10-8-6-4-2)49-73-61-59(72)57(70)60(53(48-65)75-61)76-62-58(71)56(69)55(68)52(47-64)74-62/h8,10,43,45,50-53,55-62,64-66,68-72H,3-7,9,11-42,44,46-49H2,1-2H3,(H,63,67)/b10-8+,45-43+. The maximum absolute atomic E-state index is 13.2. The molecule has 0 saturated carbocycles. The lowest BCUT2D eigenvalue weighted by molar-refractivity contribution is -0.359. The van der Waals surface area contributed by atoms with Gasteiger partial charge in [0.25, 0.3) is 0 Å². The van der Waals surface area contributed by atoms with Crippen LogP contribution < -0.4 is 5.32 Å². The van der Waals surface area contributed by atoms with Crippen molar-refractivity contribution in [1.29, 1.82) is 0 Å². The minimum atomic E-state index is -1.79. The van der Waals surface area contributed by atoms with Crippen molar-refractivity contribution in [3.8, 4) is 0 Å². The quantitative estimate of drug-likeness (QED) is 0.0204. The zero-order valence-corrected chi connectivity index (χ0v) is 48.3. The molecule has 2 heterocycles. The Morgan fingerprint density at radius 1 is 0.461 bits per heavy atom. The lowest BCUT2D eigenvalue weighted by atomic mass is 9.97. The minimum absolute atomic E-state index is 0.249. The van der Waals surface area contributed by atoms with Crippen molar-refractivity contribution in [3.63, 3.8) is 0 Å². The number of nitrogens with one attached hydrogen (secondary N) is 1. The van der Waals surface area contributed by atoms with Gasteiger partial charge >= 0.3 is 0 Å². The summed E-state index contributed by atoms with van der Waals surface area (Å²) >= 11 is 0. The number of hydrogen-bond donors (Lipinski definition) is 9. The summed E-state index contributed by atoms with van der Waals surface area (Å²) in [6, 6.07) is -0.925. The molecule has 1 amide bonds. The molecule has 0 aliphatic carbocycles. The van der Waals surface area contributed by atoms with E-state index in [0.29, 0.717) is 12.8 Å². The van der Waals surface area contributed by atoms with Gasteiger partial charge < -0.3 is 65.1 Å². The van der Waals surface area contributed by atoms with Crippen molar-refractivity contribution in [2.45, 2.75) is 344 Å². The molecule has 0 aromatic carbocycles. The molecule has 2 aliphatic heterocycles. The van der Waals surface area contributed by atoms with Gasteiger partial charge in [0.1, 0.15) is 48.8 Å². The number of unbranched alkanes of at least 4 members (excludes halogenated alkanes) is 36. The summed E-state index contributed by atoms with van der Waals surface area (Å²) in [5.41, 5.74) is 0. The molecular weight excluding hydrogens is 967 g/mol. The molecule has 12 unspecified atom stereocenters. The highest BCUT2D eigenvalue weighted by Gasteiger charge is 2.51. The fourth-order valence-corrected chi connectivity index (χ4v) is 10.6. The van der Waals surface area contributed by atoms with Crippen LogP contribution in [0.25, 0.3) is 0 Å². The molecule has 2 aliphatic rings. The van der Waals surface area contributed by atoms with E-state index < -0.39 is 86.8 Å². The topological polar surface area (TPSA) is 228 Å². The number of carbonyl (C=O) groups is 1. The SMILES string of the molecule is CCC/C=C/CC/C=C/C(O)C(COC1OC(CO)C(OC2OC(CO)C(O)C(O)C2O)C(O)C1O)NC(=O)CCCCCCCCCCCCCCCCCCCCCCCCCCCCCCCCCCCCC. The summed E-state index contributed by atoms with van der Waals surface area (Å²) in [5.74, 6) is -0.249. The predicted octanol–water partition coefficient (Wildman–Crippen LogP) is 11.2. The minimum Gasteiger partial charge on any atom is -0.394 e. The third kappa shape index (κ3) is 33.3. The van der Waals surface area contributed by atoms with Crippen LogP contribution in [0.4, 0.5) is 0 Å². The number of rotatable bonds is 51. The molecule has 0 aromatic rings. The van der Waals surface area contributed by atoms with Crippen LogP contribution in [-0.2, 0) is 23.7 Å². The second-order valence-electron chi connectivity index (χ2n) is 22.5. The smallest absolute Gasteiger partial charge is 0.220 e. The number of hydrogen-bond acceptors (Lipinski definition) is 13. The van der Waals surface area contributed by atoms with Crippen molar-refractivity contribution in [3.05, 3.63) is 24.3 Å². The Kier molecular flexibility index (Phi) is 44.8. The fourth-order valence-electron chi connectivity index (χ4n) is 10.6. The number of amides is 1. The Morgan fingerprint density at radius 3 is 1.26 bits per heavy atom. The van der Waals surface area contributed by atoms with Crippen LogP contribution in [-0.4, -0.2) is 140 Å². The van der Waals surface area contributed by atoms with Gasteiger partial charge in [0.2, 0.25) is 5.91 Å². The normalized spacial score (nSPS) is 25.0. The average Bonchev–Trinajstić information content (AvgIpc) is 3.42. The van der Waals surface area contributed by atoms with E-state index in [1.165, 1.54) is 199 Å². The average molecular weight is 1080 g/mol. The largest absolute Gasteiger partial charge is 0.394 e. The van der Waals surface area contributed by atoms with Gasteiger partial charge in [0.15, 0.2) is 12.6 Å². The van der Waals surface area contributed by atoms with E-state index in [9.17, 15) is 45.6 Å². The van der Waals surface area contributed by atoms with Gasteiger partial charge in [-0.1, -0.05) is 263 Å². The van der Waals surface area contributed by atoms with Crippen molar-refractivity contribution in [1.82, 2.24) is 5.32 Å².